The average molecular weight is 355 g/mol. The number of amides is 1. The van der Waals surface area contributed by atoms with E-state index in [0.29, 0.717) is 42.2 Å². The van der Waals surface area contributed by atoms with Crippen molar-refractivity contribution >= 4 is 11.6 Å². The normalized spacial score (nSPS) is 15.7. The van der Waals surface area contributed by atoms with Gasteiger partial charge in [-0.2, -0.15) is 0 Å². The molecule has 0 saturated carbocycles. The molecule has 1 saturated heterocycles. The van der Waals surface area contributed by atoms with Crippen LogP contribution in [-0.2, 0) is 6.42 Å². The van der Waals surface area contributed by atoms with Crippen molar-refractivity contribution < 1.29 is 9.32 Å². The van der Waals surface area contributed by atoms with Crippen LogP contribution in [0.3, 0.4) is 0 Å². The molecule has 1 aliphatic rings. The number of fused-ring (bicyclic) bond motifs is 1. The molecule has 3 aromatic rings. The van der Waals surface area contributed by atoms with Crippen LogP contribution >= 0.6 is 0 Å². The Morgan fingerprint density at radius 1 is 1.38 bits per heavy atom. The molecule has 0 aliphatic carbocycles. The average Bonchev–Trinajstić information content (AvgIpc) is 3.27. The summed E-state index contributed by atoms with van der Waals surface area (Å²) in [5.74, 6) is 0.732. The number of piperidine rings is 1. The van der Waals surface area contributed by atoms with Crippen LogP contribution in [0.5, 0.6) is 0 Å². The van der Waals surface area contributed by atoms with E-state index in [4.69, 9.17) is 4.52 Å². The lowest BCUT2D eigenvalue weighted by molar-refractivity contribution is 0.0709. The fraction of sp³-hybridized carbons (Fsp3) is 0.444. The minimum atomic E-state index is -0.110. The molecular weight excluding hydrogens is 334 g/mol. The van der Waals surface area contributed by atoms with E-state index in [-0.39, 0.29) is 17.4 Å². The molecule has 1 N–H and O–H groups in total. The summed E-state index contributed by atoms with van der Waals surface area (Å²) in [4.78, 5) is 31.4. The van der Waals surface area contributed by atoms with Gasteiger partial charge in [-0.3, -0.25) is 14.7 Å². The number of nitrogens with zero attached hydrogens (tertiary/aromatic N) is 4. The number of carbonyl (C=O) groups is 1. The summed E-state index contributed by atoms with van der Waals surface area (Å²) in [6.07, 6.45) is 3.93. The lowest BCUT2D eigenvalue weighted by Gasteiger charge is -2.31. The Kier molecular flexibility index (Phi) is 4.10. The van der Waals surface area contributed by atoms with Gasteiger partial charge < -0.3 is 9.42 Å². The lowest BCUT2D eigenvalue weighted by atomic mass is 9.92. The molecule has 1 aliphatic heterocycles. The number of hydrogen-bond donors (Lipinski definition) is 1. The maximum absolute atomic E-state index is 12.9. The topological polar surface area (TPSA) is 96.5 Å². The molecular formula is C18H21N5O3. The van der Waals surface area contributed by atoms with E-state index in [1.165, 1.54) is 4.52 Å². The maximum Gasteiger partial charge on any atom is 0.272 e. The minimum Gasteiger partial charge on any atom is -0.361 e. The van der Waals surface area contributed by atoms with Crippen LogP contribution in [-0.4, -0.2) is 43.7 Å². The highest BCUT2D eigenvalue weighted by Crippen LogP contribution is 2.28. The van der Waals surface area contributed by atoms with Gasteiger partial charge in [-0.05, 0) is 26.2 Å². The van der Waals surface area contributed by atoms with Crippen LogP contribution in [0.2, 0.25) is 0 Å². The predicted molar refractivity (Wildman–Crippen MR) is 94.3 cm³/mol. The Bertz CT molecular complexity index is 1010. The summed E-state index contributed by atoms with van der Waals surface area (Å²) in [5, 5.41) is 6.82. The van der Waals surface area contributed by atoms with Crippen LogP contribution in [0.25, 0.3) is 5.65 Å². The van der Waals surface area contributed by atoms with Crippen LogP contribution in [0, 0.1) is 6.92 Å². The number of H-pyrrole nitrogens is 1. The van der Waals surface area contributed by atoms with E-state index < -0.39 is 0 Å². The quantitative estimate of drug-likeness (QED) is 0.774. The molecule has 0 radical (unpaired) electrons. The van der Waals surface area contributed by atoms with Gasteiger partial charge in [-0.25, -0.2) is 9.50 Å². The molecule has 26 heavy (non-hydrogen) atoms. The first-order valence-corrected chi connectivity index (χ1v) is 8.90. The number of hydrogen-bond acceptors (Lipinski definition) is 5. The highest BCUT2D eigenvalue weighted by molar-refractivity contribution is 5.96. The van der Waals surface area contributed by atoms with Crippen LogP contribution in [0.1, 0.15) is 53.2 Å². The first kappa shape index (κ1) is 16.6. The summed E-state index contributed by atoms with van der Waals surface area (Å²) in [5.41, 5.74) is 2.62. The number of aryl methyl sites for hydroxylation is 2. The molecule has 0 spiro atoms. The first-order chi connectivity index (χ1) is 12.6. The van der Waals surface area contributed by atoms with E-state index in [1.54, 1.807) is 25.3 Å². The van der Waals surface area contributed by atoms with E-state index in [9.17, 15) is 9.59 Å². The number of aromatic amines is 1. The van der Waals surface area contributed by atoms with E-state index in [2.05, 4.69) is 15.2 Å². The molecule has 1 fully saturated rings. The smallest absolute Gasteiger partial charge is 0.272 e. The number of rotatable bonds is 3. The molecule has 0 unspecified atom stereocenters. The van der Waals surface area contributed by atoms with Gasteiger partial charge in [-0.1, -0.05) is 12.1 Å². The van der Waals surface area contributed by atoms with Crippen molar-refractivity contribution in [3.8, 4) is 0 Å². The van der Waals surface area contributed by atoms with Crippen LogP contribution in [0.4, 0.5) is 0 Å². The SMILES string of the molecule is CCc1noc(C)c1C(=O)N1CCC(c2cc(=O)n3[nH]ccc3n2)CC1. The molecule has 0 atom stereocenters. The van der Waals surface area contributed by atoms with Gasteiger partial charge in [0.15, 0.2) is 5.65 Å². The summed E-state index contributed by atoms with van der Waals surface area (Å²) in [6.45, 7) is 4.99. The summed E-state index contributed by atoms with van der Waals surface area (Å²) in [7, 11) is 0. The van der Waals surface area contributed by atoms with Gasteiger partial charge in [0.25, 0.3) is 11.5 Å². The second-order valence-electron chi connectivity index (χ2n) is 6.66. The molecule has 4 rings (SSSR count). The maximum atomic E-state index is 12.9. The van der Waals surface area contributed by atoms with Crippen molar-refractivity contribution in [3.63, 3.8) is 0 Å². The van der Waals surface area contributed by atoms with Crippen molar-refractivity contribution in [2.24, 2.45) is 0 Å². The van der Waals surface area contributed by atoms with Gasteiger partial charge in [0.05, 0.1) is 11.4 Å². The Hall–Kier alpha value is -2.90. The zero-order chi connectivity index (χ0) is 18.3. The van der Waals surface area contributed by atoms with E-state index >= 15 is 0 Å². The number of nitrogens with one attached hydrogen (secondary N) is 1. The Labute approximate surface area is 149 Å². The third-order valence-corrected chi connectivity index (χ3v) is 5.08. The minimum absolute atomic E-state index is 0.0202. The lowest BCUT2D eigenvalue weighted by Crippen LogP contribution is -2.38. The van der Waals surface area contributed by atoms with E-state index in [1.807, 2.05) is 11.8 Å². The summed E-state index contributed by atoms with van der Waals surface area (Å²) < 4.78 is 6.61. The number of likely N-dealkylation sites (tertiary alicyclic amines) is 1. The van der Waals surface area contributed by atoms with Crippen molar-refractivity contribution in [2.75, 3.05) is 13.1 Å². The predicted octanol–water partition coefficient (Wildman–Crippen LogP) is 1.90. The van der Waals surface area contributed by atoms with Crippen LogP contribution in [0.15, 0.2) is 27.6 Å². The zero-order valence-electron chi connectivity index (χ0n) is 14.9. The number of carbonyl (C=O) groups excluding carboxylic acids is 1. The second kappa shape index (κ2) is 6.44. The molecule has 0 bridgehead atoms. The fourth-order valence-corrected chi connectivity index (χ4v) is 3.63. The molecule has 0 aromatic carbocycles. The monoisotopic (exact) mass is 355 g/mol. The van der Waals surface area contributed by atoms with E-state index in [0.717, 1.165) is 18.5 Å². The Morgan fingerprint density at radius 3 is 2.88 bits per heavy atom. The van der Waals surface area contributed by atoms with Crippen molar-refractivity contribution in [1.29, 1.82) is 0 Å². The highest BCUT2D eigenvalue weighted by atomic mass is 16.5. The second-order valence-corrected chi connectivity index (χ2v) is 6.66. The Morgan fingerprint density at radius 2 is 2.15 bits per heavy atom. The summed E-state index contributed by atoms with van der Waals surface area (Å²) >= 11 is 0. The van der Waals surface area contributed by atoms with Gasteiger partial charge in [0.1, 0.15) is 11.3 Å². The molecule has 4 heterocycles. The summed E-state index contributed by atoms with van der Waals surface area (Å²) in [6, 6.07) is 3.37. The molecule has 136 valence electrons. The third kappa shape index (κ3) is 2.71. The van der Waals surface area contributed by atoms with Gasteiger partial charge in [0.2, 0.25) is 0 Å². The van der Waals surface area contributed by atoms with Crippen molar-refractivity contribution in [2.45, 2.75) is 39.0 Å². The molecule has 8 nitrogen and oxygen atoms in total. The first-order valence-electron chi connectivity index (χ1n) is 8.90. The van der Waals surface area contributed by atoms with Gasteiger partial charge in [0, 0.05) is 37.3 Å². The third-order valence-electron chi connectivity index (χ3n) is 5.08. The standard InChI is InChI=1S/C18H21N5O3/c1-3-13-17(11(2)26-21-13)18(25)22-8-5-12(6-9-22)14-10-16(24)23-15(20-14)4-7-19-23/h4,7,10,12,19H,3,5-6,8-9H2,1-2H3. The molecule has 1 amide bonds. The van der Waals surface area contributed by atoms with Crippen molar-refractivity contribution in [1.82, 2.24) is 24.7 Å². The van der Waals surface area contributed by atoms with Gasteiger partial charge >= 0.3 is 0 Å². The van der Waals surface area contributed by atoms with Gasteiger partial charge in [-0.15, -0.1) is 0 Å². The fourth-order valence-electron chi connectivity index (χ4n) is 3.63. The highest BCUT2D eigenvalue weighted by Gasteiger charge is 2.29. The Balaban J connectivity index is 1.50. The zero-order valence-corrected chi connectivity index (χ0v) is 14.9. The largest absolute Gasteiger partial charge is 0.361 e. The molecule has 3 aromatic heterocycles. The van der Waals surface area contributed by atoms with Crippen LogP contribution < -0.4 is 5.56 Å². The van der Waals surface area contributed by atoms with Crippen molar-refractivity contribution in [3.05, 3.63) is 51.4 Å². The molecule has 8 heteroatoms. The number of aromatic nitrogens is 4.